The van der Waals surface area contributed by atoms with E-state index in [9.17, 15) is 23.6 Å². The van der Waals surface area contributed by atoms with Gasteiger partial charge < -0.3 is 10.6 Å². The lowest BCUT2D eigenvalue weighted by atomic mass is 9.87. The van der Waals surface area contributed by atoms with E-state index in [-0.39, 0.29) is 12.2 Å². The highest BCUT2D eigenvalue weighted by atomic mass is 19.1. The van der Waals surface area contributed by atoms with E-state index in [0.717, 1.165) is 4.90 Å². The lowest BCUT2D eigenvalue weighted by Crippen LogP contribution is -2.44. The Bertz CT molecular complexity index is 990. The van der Waals surface area contributed by atoms with Crippen LogP contribution in [0.5, 0.6) is 0 Å². The van der Waals surface area contributed by atoms with Crippen molar-refractivity contribution in [3.8, 4) is 0 Å². The van der Waals surface area contributed by atoms with Crippen molar-refractivity contribution in [2.24, 2.45) is 0 Å². The molecular formula is C21H20FN3O4. The third-order valence-electron chi connectivity index (χ3n) is 4.90. The van der Waals surface area contributed by atoms with Crippen molar-refractivity contribution in [1.82, 2.24) is 10.2 Å². The molecule has 0 aliphatic carbocycles. The number of anilines is 1. The lowest BCUT2D eigenvalue weighted by molar-refractivity contribution is -0.134. The first kappa shape index (κ1) is 20.2. The molecule has 4 amide bonds. The molecule has 150 valence electrons. The van der Waals surface area contributed by atoms with E-state index in [2.05, 4.69) is 10.6 Å². The minimum atomic E-state index is -1.35. The molecule has 0 radical (unpaired) electrons. The van der Waals surface area contributed by atoms with Gasteiger partial charge in [-0.3, -0.25) is 19.3 Å². The summed E-state index contributed by atoms with van der Waals surface area (Å²) in [6.45, 7) is 2.64. The number of Topliss-reactive ketones (excluding diaryl/α,β-unsaturated/α-hetero) is 1. The van der Waals surface area contributed by atoms with Gasteiger partial charge >= 0.3 is 6.03 Å². The number of nitrogens with zero attached hydrogens (tertiary/aromatic N) is 1. The molecule has 1 aliphatic rings. The van der Waals surface area contributed by atoms with Crippen LogP contribution in [-0.4, -0.2) is 35.1 Å². The van der Waals surface area contributed by atoms with Gasteiger partial charge in [-0.1, -0.05) is 31.2 Å². The number of rotatable bonds is 6. The fourth-order valence-electron chi connectivity index (χ4n) is 3.30. The maximum Gasteiger partial charge on any atom is 0.325 e. The third-order valence-corrected chi connectivity index (χ3v) is 4.90. The van der Waals surface area contributed by atoms with Crippen LogP contribution in [0.3, 0.4) is 0 Å². The number of carbonyl (C=O) groups excluding carboxylic acids is 4. The number of benzene rings is 2. The van der Waals surface area contributed by atoms with Gasteiger partial charge in [0.25, 0.3) is 5.91 Å². The molecule has 1 heterocycles. The van der Waals surface area contributed by atoms with Gasteiger partial charge in [-0.2, -0.15) is 0 Å². The van der Waals surface area contributed by atoms with E-state index in [1.165, 1.54) is 37.3 Å². The highest BCUT2D eigenvalue weighted by molar-refractivity contribution is 6.10. The van der Waals surface area contributed by atoms with Crippen molar-refractivity contribution in [1.29, 1.82) is 0 Å². The third kappa shape index (κ3) is 3.87. The number of imide groups is 1. The average Bonchev–Trinajstić information content (AvgIpc) is 2.93. The van der Waals surface area contributed by atoms with Gasteiger partial charge in [0.2, 0.25) is 5.91 Å². The predicted molar refractivity (Wildman–Crippen MR) is 104 cm³/mol. The topological polar surface area (TPSA) is 95.6 Å². The molecule has 29 heavy (non-hydrogen) atoms. The SMILES string of the molecule is CCC1(c2ccc(F)cc2)NC(=O)N(CC(=O)Nc2cccc(C(C)=O)c2)C1=O. The Labute approximate surface area is 166 Å². The summed E-state index contributed by atoms with van der Waals surface area (Å²) >= 11 is 0. The van der Waals surface area contributed by atoms with Crippen molar-refractivity contribution in [3.63, 3.8) is 0 Å². The van der Waals surface area contributed by atoms with Crippen LogP contribution in [0.2, 0.25) is 0 Å². The van der Waals surface area contributed by atoms with E-state index in [1.807, 2.05) is 0 Å². The van der Waals surface area contributed by atoms with Crippen LogP contribution < -0.4 is 10.6 Å². The Hall–Kier alpha value is -3.55. The summed E-state index contributed by atoms with van der Waals surface area (Å²) in [4.78, 5) is 50.1. The number of hydrogen-bond acceptors (Lipinski definition) is 4. The molecule has 3 rings (SSSR count). The first-order valence-electron chi connectivity index (χ1n) is 9.08. The minimum Gasteiger partial charge on any atom is -0.325 e. The Morgan fingerprint density at radius 2 is 1.83 bits per heavy atom. The molecule has 0 spiro atoms. The largest absolute Gasteiger partial charge is 0.325 e. The van der Waals surface area contributed by atoms with Crippen LogP contribution in [-0.2, 0) is 15.1 Å². The fraction of sp³-hybridized carbons (Fsp3) is 0.238. The number of halogens is 1. The van der Waals surface area contributed by atoms with E-state index >= 15 is 0 Å². The molecule has 0 bridgehead atoms. The molecule has 8 heteroatoms. The summed E-state index contributed by atoms with van der Waals surface area (Å²) in [5, 5.41) is 5.22. The summed E-state index contributed by atoms with van der Waals surface area (Å²) in [7, 11) is 0. The molecule has 1 unspecified atom stereocenters. The van der Waals surface area contributed by atoms with E-state index < -0.39 is 35.7 Å². The highest BCUT2D eigenvalue weighted by Crippen LogP contribution is 2.32. The number of urea groups is 1. The molecule has 1 atom stereocenters. The number of nitrogens with one attached hydrogen (secondary N) is 2. The number of hydrogen-bond donors (Lipinski definition) is 2. The van der Waals surface area contributed by atoms with Crippen LogP contribution in [0.4, 0.5) is 14.9 Å². The molecule has 1 fully saturated rings. The molecule has 0 saturated carbocycles. The highest BCUT2D eigenvalue weighted by Gasteiger charge is 2.51. The Morgan fingerprint density at radius 1 is 1.14 bits per heavy atom. The summed E-state index contributed by atoms with van der Waals surface area (Å²) in [6.07, 6.45) is 0.238. The standard InChI is InChI=1S/C21H20FN3O4/c1-3-21(15-7-9-16(22)10-8-15)19(28)25(20(29)24-21)12-18(27)23-17-6-4-5-14(11-17)13(2)26/h4-11H,3,12H2,1-2H3,(H,23,27)(H,24,29). The molecule has 2 aromatic carbocycles. The maximum absolute atomic E-state index is 13.3. The second-order valence-electron chi connectivity index (χ2n) is 6.77. The summed E-state index contributed by atoms with van der Waals surface area (Å²) in [6, 6.07) is 11.0. The number of carbonyl (C=O) groups is 4. The first-order chi connectivity index (χ1) is 13.8. The normalized spacial score (nSPS) is 18.5. The van der Waals surface area contributed by atoms with Gasteiger partial charge in [-0.25, -0.2) is 9.18 Å². The van der Waals surface area contributed by atoms with Gasteiger partial charge in [0.15, 0.2) is 5.78 Å². The molecule has 2 aromatic rings. The quantitative estimate of drug-likeness (QED) is 0.579. The van der Waals surface area contributed by atoms with E-state index in [0.29, 0.717) is 16.8 Å². The minimum absolute atomic E-state index is 0.151. The number of ketones is 1. The number of amides is 4. The van der Waals surface area contributed by atoms with Gasteiger partial charge in [0.05, 0.1) is 0 Å². The van der Waals surface area contributed by atoms with Crippen LogP contribution in [0.15, 0.2) is 48.5 Å². The van der Waals surface area contributed by atoms with E-state index in [4.69, 9.17) is 0 Å². The summed E-state index contributed by atoms with van der Waals surface area (Å²) in [5.74, 6) is -1.77. The smallest absolute Gasteiger partial charge is 0.325 e. The molecular weight excluding hydrogens is 377 g/mol. The van der Waals surface area contributed by atoms with Crippen LogP contribution >= 0.6 is 0 Å². The average molecular weight is 397 g/mol. The summed E-state index contributed by atoms with van der Waals surface area (Å²) < 4.78 is 13.3. The summed E-state index contributed by atoms with van der Waals surface area (Å²) in [5.41, 5.74) is -0.0921. The zero-order chi connectivity index (χ0) is 21.2. The van der Waals surface area contributed by atoms with Crippen molar-refractivity contribution in [2.45, 2.75) is 25.8 Å². The van der Waals surface area contributed by atoms with E-state index in [1.54, 1.807) is 25.1 Å². The zero-order valence-electron chi connectivity index (χ0n) is 16.0. The second-order valence-corrected chi connectivity index (χ2v) is 6.77. The van der Waals surface area contributed by atoms with Gasteiger partial charge in [0, 0.05) is 11.3 Å². The maximum atomic E-state index is 13.3. The Kier molecular flexibility index (Phi) is 5.45. The predicted octanol–water partition coefficient (Wildman–Crippen LogP) is 2.82. The van der Waals surface area contributed by atoms with Crippen LogP contribution in [0.25, 0.3) is 0 Å². The van der Waals surface area contributed by atoms with Crippen molar-refractivity contribution < 1.29 is 23.6 Å². The zero-order valence-corrected chi connectivity index (χ0v) is 16.0. The second kappa shape index (κ2) is 7.83. The fourth-order valence-corrected chi connectivity index (χ4v) is 3.30. The van der Waals surface area contributed by atoms with Crippen LogP contribution in [0.1, 0.15) is 36.2 Å². The molecule has 2 N–H and O–H groups in total. The molecule has 0 aromatic heterocycles. The molecule has 7 nitrogen and oxygen atoms in total. The first-order valence-corrected chi connectivity index (χ1v) is 9.08. The van der Waals surface area contributed by atoms with Gasteiger partial charge in [0.1, 0.15) is 17.9 Å². The Balaban J connectivity index is 1.77. The monoisotopic (exact) mass is 397 g/mol. The Morgan fingerprint density at radius 3 is 2.45 bits per heavy atom. The van der Waals surface area contributed by atoms with Crippen LogP contribution in [0, 0.1) is 5.82 Å². The van der Waals surface area contributed by atoms with Crippen molar-refractivity contribution in [2.75, 3.05) is 11.9 Å². The molecule has 1 aliphatic heterocycles. The molecule has 1 saturated heterocycles. The van der Waals surface area contributed by atoms with Crippen molar-refractivity contribution >= 4 is 29.3 Å². The van der Waals surface area contributed by atoms with Gasteiger partial charge in [-0.05, 0) is 43.2 Å². The van der Waals surface area contributed by atoms with Crippen molar-refractivity contribution in [3.05, 3.63) is 65.5 Å². The van der Waals surface area contributed by atoms with Gasteiger partial charge in [-0.15, -0.1) is 0 Å². The lowest BCUT2D eigenvalue weighted by Gasteiger charge is -2.25.